The van der Waals surface area contributed by atoms with Gasteiger partial charge in [-0.25, -0.2) is 4.79 Å². The molecular weight excluding hydrogens is 226 g/mol. The predicted octanol–water partition coefficient (Wildman–Crippen LogP) is 1.27. The van der Waals surface area contributed by atoms with Crippen LogP contribution >= 0.6 is 0 Å². The largest absolute Gasteiger partial charge is 0.478 e. The van der Waals surface area contributed by atoms with E-state index in [0.29, 0.717) is 5.69 Å². The van der Waals surface area contributed by atoms with E-state index in [1.807, 2.05) is 0 Å². The summed E-state index contributed by atoms with van der Waals surface area (Å²) in [4.78, 5) is 32.5. The van der Waals surface area contributed by atoms with E-state index in [2.05, 4.69) is 5.32 Å². The van der Waals surface area contributed by atoms with Gasteiger partial charge in [-0.3, -0.25) is 9.59 Å². The minimum atomic E-state index is -1.21. The topological polar surface area (TPSA) is 92.7 Å². The fourth-order valence-electron chi connectivity index (χ4n) is 1.22. The van der Waals surface area contributed by atoms with Gasteiger partial charge in [-0.05, 0) is 12.1 Å². The maximum absolute atomic E-state index is 10.9. The summed E-state index contributed by atoms with van der Waals surface area (Å²) in [5.41, 5.74) is 0.216. The third kappa shape index (κ3) is 3.60. The van der Waals surface area contributed by atoms with Crippen LogP contribution in [0.25, 0.3) is 0 Å². The molecule has 17 heavy (non-hydrogen) atoms. The third-order valence-corrected chi connectivity index (χ3v) is 1.79. The maximum Gasteiger partial charge on any atom is 0.339 e. The molecule has 1 aromatic rings. The van der Waals surface area contributed by atoms with Crippen molar-refractivity contribution in [1.29, 1.82) is 0 Å². The number of amides is 1. The summed E-state index contributed by atoms with van der Waals surface area (Å²) in [7, 11) is 0. The molecule has 0 aliphatic carbocycles. The Hall–Kier alpha value is -2.37. The monoisotopic (exact) mass is 237 g/mol. The lowest BCUT2D eigenvalue weighted by molar-refractivity contribution is -0.131. The van der Waals surface area contributed by atoms with Gasteiger partial charge in [0.05, 0.1) is 0 Å². The molecule has 0 aliphatic rings. The summed E-state index contributed by atoms with van der Waals surface area (Å²) in [5, 5.41) is 11.3. The quantitative estimate of drug-likeness (QED) is 0.610. The van der Waals surface area contributed by atoms with Crippen molar-refractivity contribution in [2.45, 2.75) is 13.8 Å². The number of anilines is 1. The van der Waals surface area contributed by atoms with Crippen LogP contribution in [0, 0.1) is 0 Å². The number of carbonyl (C=O) groups is 3. The number of carboxylic acids is 1. The van der Waals surface area contributed by atoms with Crippen LogP contribution in [0.1, 0.15) is 24.2 Å². The van der Waals surface area contributed by atoms with E-state index in [4.69, 9.17) is 9.84 Å². The van der Waals surface area contributed by atoms with Crippen molar-refractivity contribution in [3.8, 4) is 5.75 Å². The van der Waals surface area contributed by atoms with Crippen LogP contribution in [0.15, 0.2) is 18.2 Å². The van der Waals surface area contributed by atoms with E-state index in [0.717, 1.165) is 6.92 Å². The minimum Gasteiger partial charge on any atom is -0.478 e. The van der Waals surface area contributed by atoms with Crippen molar-refractivity contribution < 1.29 is 24.2 Å². The van der Waals surface area contributed by atoms with Gasteiger partial charge >= 0.3 is 11.9 Å². The minimum absolute atomic E-state index is 0.101. The summed E-state index contributed by atoms with van der Waals surface area (Å²) >= 11 is 0. The van der Waals surface area contributed by atoms with Gasteiger partial charge in [0.25, 0.3) is 0 Å². The SMILES string of the molecule is CC(=O)Nc1ccc(C(=O)O)c(OC(C)=O)c1. The van der Waals surface area contributed by atoms with Crippen LogP contribution in [0.3, 0.4) is 0 Å². The van der Waals surface area contributed by atoms with Crippen molar-refractivity contribution in [2.24, 2.45) is 0 Å². The molecule has 1 aromatic carbocycles. The third-order valence-electron chi connectivity index (χ3n) is 1.79. The highest BCUT2D eigenvalue weighted by Crippen LogP contribution is 2.23. The second-order valence-corrected chi connectivity index (χ2v) is 3.29. The van der Waals surface area contributed by atoms with Crippen LogP contribution in [0.5, 0.6) is 5.75 Å². The van der Waals surface area contributed by atoms with Crippen LogP contribution in [0.4, 0.5) is 5.69 Å². The molecular formula is C11H11NO5. The lowest BCUT2D eigenvalue weighted by atomic mass is 10.2. The van der Waals surface area contributed by atoms with Crippen molar-refractivity contribution in [3.63, 3.8) is 0 Å². The van der Waals surface area contributed by atoms with E-state index >= 15 is 0 Å². The zero-order valence-electron chi connectivity index (χ0n) is 9.31. The highest BCUT2D eigenvalue weighted by molar-refractivity contribution is 5.94. The summed E-state index contributed by atoms with van der Waals surface area (Å²) < 4.78 is 4.76. The van der Waals surface area contributed by atoms with Gasteiger partial charge in [0.1, 0.15) is 11.3 Å². The number of hydrogen-bond acceptors (Lipinski definition) is 4. The average Bonchev–Trinajstić information content (AvgIpc) is 2.15. The van der Waals surface area contributed by atoms with Gasteiger partial charge in [0.2, 0.25) is 5.91 Å². The van der Waals surface area contributed by atoms with Crippen molar-refractivity contribution in [2.75, 3.05) is 5.32 Å². The second-order valence-electron chi connectivity index (χ2n) is 3.29. The molecule has 0 saturated carbocycles. The Morgan fingerprint density at radius 2 is 1.88 bits per heavy atom. The first-order valence-corrected chi connectivity index (χ1v) is 4.73. The Morgan fingerprint density at radius 3 is 2.35 bits per heavy atom. The van der Waals surface area contributed by atoms with Crippen LogP contribution in [0.2, 0.25) is 0 Å². The molecule has 0 aromatic heterocycles. The van der Waals surface area contributed by atoms with Crippen molar-refractivity contribution in [3.05, 3.63) is 23.8 Å². The Labute approximate surface area is 97.2 Å². The van der Waals surface area contributed by atoms with Gasteiger partial charge in [-0.15, -0.1) is 0 Å². The van der Waals surface area contributed by atoms with Gasteiger partial charge in [0, 0.05) is 25.6 Å². The lowest BCUT2D eigenvalue weighted by Crippen LogP contribution is -2.10. The molecule has 1 amide bonds. The smallest absolute Gasteiger partial charge is 0.339 e. The van der Waals surface area contributed by atoms with Gasteiger partial charge in [-0.2, -0.15) is 0 Å². The summed E-state index contributed by atoms with van der Waals surface area (Å²) in [5.74, 6) is -2.25. The highest BCUT2D eigenvalue weighted by atomic mass is 16.5. The highest BCUT2D eigenvalue weighted by Gasteiger charge is 2.14. The van der Waals surface area contributed by atoms with Crippen molar-refractivity contribution >= 4 is 23.5 Å². The molecule has 0 spiro atoms. The number of hydrogen-bond donors (Lipinski definition) is 2. The predicted molar refractivity (Wildman–Crippen MR) is 59.0 cm³/mol. The first-order valence-electron chi connectivity index (χ1n) is 4.73. The first kappa shape index (κ1) is 12.7. The molecule has 1 rings (SSSR count). The molecule has 0 fully saturated rings. The molecule has 0 aliphatic heterocycles. The first-order chi connectivity index (χ1) is 7.90. The number of carboxylic acid groups (broad SMARTS) is 1. The number of esters is 1. The van der Waals surface area contributed by atoms with Gasteiger partial charge in [-0.1, -0.05) is 0 Å². The maximum atomic E-state index is 10.9. The number of nitrogens with one attached hydrogen (secondary N) is 1. The van der Waals surface area contributed by atoms with Crippen LogP contribution in [-0.2, 0) is 9.59 Å². The summed E-state index contributed by atoms with van der Waals surface area (Å²) in [6.45, 7) is 2.48. The lowest BCUT2D eigenvalue weighted by Gasteiger charge is -2.08. The molecule has 6 heteroatoms. The molecule has 0 bridgehead atoms. The number of rotatable bonds is 3. The van der Waals surface area contributed by atoms with E-state index < -0.39 is 11.9 Å². The fourth-order valence-corrected chi connectivity index (χ4v) is 1.22. The normalized spacial score (nSPS) is 9.53. The Bertz CT molecular complexity index is 481. The Kier molecular flexibility index (Phi) is 3.82. The average molecular weight is 237 g/mol. The summed E-state index contributed by atoms with van der Waals surface area (Å²) in [6, 6.07) is 3.95. The number of benzene rings is 1. The van der Waals surface area contributed by atoms with E-state index in [1.165, 1.54) is 25.1 Å². The molecule has 6 nitrogen and oxygen atoms in total. The van der Waals surface area contributed by atoms with E-state index in [1.54, 1.807) is 0 Å². The molecule has 90 valence electrons. The van der Waals surface area contributed by atoms with Gasteiger partial charge in [0.15, 0.2) is 0 Å². The summed E-state index contributed by atoms with van der Waals surface area (Å²) in [6.07, 6.45) is 0. The van der Waals surface area contributed by atoms with E-state index in [9.17, 15) is 14.4 Å². The molecule has 0 heterocycles. The van der Waals surface area contributed by atoms with Crippen molar-refractivity contribution in [1.82, 2.24) is 0 Å². The Morgan fingerprint density at radius 1 is 1.24 bits per heavy atom. The number of carbonyl (C=O) groups excluding carboxylic acids is 2. The molecule has 2 N–H and O–H groups in total. The van der Waals surface area contributed by atoms with Gasteiger partial charge < -0.3 is 15.2 Å². The van der Waals surface area contributed by atoms with E-state index in [-0.39, 0.29) is 17.2 Å². The molecule has 0 radical (unpaired) electrons. The molecule has 0 saturated heterocycles. The second kappa shape index (κ2) is 5.11. The fraction of sp³-hybridized carbons (Fsp3) is 0.182. The number of aromatic carboxylic acids is 1. The molecule has 0 unspecified atom stereocenters. The molecule has 0 atom stereocenters. The standard InChI is InChI=1S/C11H11NO5/c1-6(13)12-8-3-4-9(11(15)16)10(5-8)17-7(2)14/h3-5H,1-2H3,(H,12,13)(H,15,16). The Balaban J connectivity index is 3.13. The van der Waals surface area contributed by atoms with Crippen LogP contribution in [-0.4, -0.2) is 23.0 Å². The zero-order chi connectivity index (χ0) is 13.0. The van der Waals surface area contributed by atoms with Crippen LogP contribution < -0.4 is 10.1 Å². The zero-order valence-corrected chi connectivity index (χ0v) is 9.31. The number of ether oxygens (including phenoxy) is 1.